The predicted octanol–water partition coefficient (Wildman–Crippen LogP) is 3.81. The van der Waals surface area contributed by atoms with Crippen LogP contribution in [0.2, 0.25) is 0 Å². The van der Waals surface area contributed by atoms with Gasteiger partial charge < -0.3 is 10.1 Å². The average Bonchev–Trinajstić information content (AvgIpc) is 3.46. The lowest BCUT2D eigenvalue weighted by molar-refractivity contribution is 0.238. The second kappa shape index (κ2) is 9.04. The van der Waals surface area contributed by atoms with E-state index in [2.05, 4.69) is 57.8 Å². The van der Waals surface area contributed by atoms with Crippen LogP contribution in [0.25, 0.3) is 5.69 Å². The minimum absolute atomic E-state index is 0.376. The van der Waals surface area contributed by atoms with E-state index in [1.807, 2.05) is 23.0 Å². The highest BCUT2D eigenvalue weighted by molar-refractivity contribution is 5.34. The molecule has 2 heterocycles. The Morgan fingerprint density at radius 3 is 2.61 bits per heavy atom. The molecule has 1 atom stereocenters. The Morgan fingerprint density at radius 1 is 1.07 bits per heavy atom. The normalized spacial score (nSPS) is 15.6. The maximum atomic E-state index is 5.44. The van der Waals surface area contributed by atoms with Crippen molar-refractivity contribution in [2.45, 2.75) is 25.4 Å². The fourth-order valence-corrected chi connectivity index (χ4v) is 3.90. The molecule has 0 aliphatic carbocycles. The highest BCUT2D eigenvalue weighted by atomic mass is 16.5. The summed E-state index contributed by atoms with van der Waals surface area (Å²) >= 11 is 0. The number of nitrogens with zero attached hydrogens (tertiary/aromatic N) is 3. The fourth-order valence-electron chi connectivity index (χ4n) is 3.90. The molecule has 0 spiro atoms. The first kappa shape index (κ1) is 18.7. The van der Waals surface area contributed by atoms with Gasteiger partial charge in [-0.05, 0) is 67.4 Å². The Hall–Kier alpha value is -2.63. The smallest absolute Gasteiger partial charge is 0.119 e. The third-order valence-electron chi connectivity index (χ3n) is 5.43. The third-order valence-corrected chi connectivity index (χ3v) is 5.43. The molecule has 0 radical (unpaired) electrons. The molecular weight excluding hydrogens is 348 g/mol. The molecule has 28 heavy (non-hydrogen) atoms. The van der Waals surface area contributed by atoms with E-state index in [1.165, 1.54) is 37.1 Å². The van der Waals surface area contributed by atoms with Gasteiger partial charge in [-0.3, -0.25) is 4.90 Å². The van der Waals surface area contributed by atoms with E-state index in [0.29, 0.717) is 6.04 Å². The van der Waals surface area contributed by atoms with Crippen LogP contribution in [0, 0.1) is 0 Å². The summed E-state index contributed by atoms with van der Waals surface area (Å²) in [5, 5.41) is 7.94. The van der Waals surface area contributed by atoms with Crippen molar-refractivity contribution >= 4 is 0 Å². The van der Waals surface area contributed by atoms with E-state index in [4.69, 9.17) is 4.74 Å². The van der Waals surface area contributed by atoms with Gasteiger partial charge in [-0.1, -0.05) is 24.3 Å². The van der Waals surface area contributed by atoms with Crippen LogP contribution in [-0.2, 0) is 6.54 Å². The number of hydrogen-bond acceptors (Lipinski definition) is 4. The molecule has 1 unspecified atom stereocenters. The summed E-state index contributed by atoms with van der Waals surface area (Å²) < 4.78 is 7.32. The molecule has 5 heteroatoms. The van der Waals surface area contributed by atoms with Crippen LogP contribution in [0.5, 0.6) is 5.75 Å². The second-order valence-corrected chi connectivity index (χ2v) is 7.28. The van der Waals surface area contributed by atoms with E-state index < -0.39 is 0 Å². The van der Waals surface area contributed by atoms with E-state index in [0.717, 1.165) is 24.5 Å². The molecule has 2 aromatic carbocycles. The molecule has 0 bridgehead atoms. The number of benzene rings is 2. The molecule has 146 valence electrons. The SMILES string of the molecule is COc1cccc(C(CNCc2ccc(-n3cccn3)cc2)N2CCCC2)c1. The van der Waals surface area contributed by atoms with Crippen LogP contribution in [0.15, 0.2) is 67.0 Å². The fraction of sp³-hybridized carbons (Fsp3) is 0.348. The van der Waals surface area contributed by atoms with Crippen molar-refractivity contribution in [3.8, 4) is 11.4 Å². The maximum absolute atomic E-state index is 5.44. The Morgan fingerprint density at radius 2 is 1.89 bits per heavy atom. The number of rotatable bonds is 8. The van der Waals surface area contributed by atoms with Crippen molar-refractivity contribution in [3.63, 3.8) is 0 Å². The Labute approximate surface area is 166 Å². The van der Waals surface area contributed by atoms with Crippen LogP contribution in [0.3, 0.4) is 0 Å². The summed E-state index contributed by atoms with van der Waals surface area (Å²) in [5.41, 5.74) is 3.68. The molecule has 3 aromatic rings. The molecule has 4 rings (SSSR count). The first-order valence-electron chi connectivity index (χ1n) is 10.0. The van der Waals surface area contributed by atoms with Gasteiger partial charge in [0.25, 0.3) is 0 Å². The van der Waals surface area contributed by atoms with E-state index in [1.54, 1.807) is 13.3 Å². The largest absolute Gasteiger partial charge is 0.497 e. The zero-order valence-electron chi connectivity index (χ0n) is 16.4. The molecule has 0 saturated carbocycles. The molecule has 1 fully saturated rings. The molecule has 0 amide bonds. The summed E-state index contributed by atoms with van der Waals surface area (Å²) in [5.74, 6) is 0.927. The standard InChI is InChI=1S/C23H28N4O/c1-28-22-7-4-6-20(16-22)23(26-13-2-3-14-26)18-24-17-19-8-10-21(11-9-19)27-15-5-12-25-27/h4-12,15-16,23-24H,2-3,13-14,17-18H2,1H3. The summed E-state index contributed by atoms with van der Waals surface area (Å²) in [7, 11) is 1.73. The van der Waals surface area contributed by atoms with Gasteiger partial charge in [-0.2, -0.15) is 5.10 Å². The van der Waals surface area contributed by atoms with Gasteiger partial charge in [0.15, 0.2) is 0 Å². The van der Waals surface area contributed by atoms with Crippen LogP contribution >= 0.6 is 0 Å². The van der Waals surface area contributed by atoms with Gasteiger partial charge in [0, 0.05) is 31.5 Å². The first-order chi connectivity index (χ1) is 13.8. The number of ether oxygens (including phenoxy) is 1. The zero-order chi connectivity index (χ0) is 19.2. The van der Waals surface area contributed by atoms with Crippen molar-refractivity contribution in [2.24, 2.45) is 0 Å². The number of likely N-dealkylation sites (tertiary alicyclic amines) is 1. The van der Waals surface area contributed by atoms with Gasteiger partial charge in [0.1, 0.15) is 5.75 Å². The summed E-state index contributed by atoms with van der Waals surface area (Å²) in [6.07, 6.45) is 6.33. The Kier molecular flexibility index (Phi) is 6.04. The van der Waals surface area contributed by atoms with Crippen molar-refractivity contribution < 1.29 is 4.74 Å². The van der Waals surface area contributed by atoms with Gasteiger partial charge in [-0.15, -0.1) is 0 Å². The lowest BCUT2D eigenvalue weighted by atomic mass is 10.0. The topological polar surface area (TPSA) is 42.3 Å². The van der Waals surface area contributed by atoms with E-state index in [-0.39, 0.29) is 0 Å². The number of methoxy groups -OCH3 is 1. The van der Waals surface area contributed by atoms with E-state index in [9.17, 15) is 0 Å². The quantitative estimate of drug-likeness (QED) is 0.649. The lowest BCUT2D eigenvalue weighted by Crippen LogP contribution is -2.34. The van der Waals surface area contributed by atoms with Crippen LogP contribution in [-0.4, -0.2) is 41.4 Å². The third kappa shape index (κ3) is 4.43. The second-order valence-electron chi connectivity index (χ2n) is 7.28. The molecule has 1 saturated heterocycles. The average molecular weight is 377 g/mol. The van der Waals surface area contributed by atoms with Crippen molar-refractivity contribution in [1.82, 2.24) is 20.0 Å². The highest BCUT2D eigenvalue weighted by Crippen LogP contribution is 2.27. The monoisotopic (exact) mass is 376 g/mol. The molecule has 1 aromatic heterocycles. The molecule has 5 nitrogen and oxygen atoms in total. The van der Waals surface area contributed by atoms with Crippen molar-refractivity contribution in [2.75, 3.05) is 26.7 Å². The van der Waals surface area contributed by atoms with Crippen molar-refractivity contribution in [3.05, 3.63) is 78.1 Å². The number of hydrogen-bond donors (Lipinski definition) is 1. The van der Waals surface area contributed by atoms with Crippen LogP contribution in [0.1, 0.15) is 30.0 Å². The summed E-state index contributed by atoms with van der Waals surface area (Å²) in [6.45, 7) is 4.12. The summed E-state index contributed by atoms with van der Waals surface area (Å²) in [4.78, 5) is 2.59. The van der Waals surface area contributed by atoms with Gasteiger partial charge in [-0.25, -0.2) is 4.68 Å². The highest BCUT2D eigenvalue weighted by Gasteiger charge is 2.23. The molecular formula is C23H28N4O. The zero-order valence-corrected chi connectivity index (χ0v) is 16.4. The predicted molar refractivity (Wildman–Crippen MR) is 112 cm³/mol. The Bertz CT molecular complexity index is 855. The number of aromatic nitrogens is 2. The minimum Gasteiger partial charge on any atom is -0.497 e. The minimum atomic E-state index is 0.376. The van der Waals surface area contributed by atoms with Gasteiger partial charge in [0.2, 0.25) is 0 Å². The molecule has 1 aliphatic rings. The lowest BCUT2D eigenvalue weighted by Gasteiger charge is -2.28. The molecule has 1 N–H and O–H groups in total. The van der Waals surface area contributed by atoms with Crippen LogP contribution in [0.4, 0.5) is 0 Å². The van der Waals surface area contributed by atoms with E-state index >= 15 is 0 Å². The van der Waals surface area contributed by atoms with Gasteiger partial charge in [0.05, 0.1) is 12.8 Å². The summed E-state index contributed by atoms with van der Waals surface area (Å²) in [6, 6.07) is 19.4. The first-order valence-corrected chi connectivity index (χ1v) is 10.0. The number of nitrogens with one attached hydrogen (secondary N) is 1. The van der Waals surface area contributed by atoms with Gasteiger partial charge >= 0.3 is 0 Å². The molecule has 1 aliphatic heterocycles. The van der Waals surface area contributed by atoms with Crippen LogP contribution < -0.4 is 10.1 Å². The van der Waals surface area contributed by atoms with Crippen molar-refractivity contribution in [1.29, 1.82) is 0 Å². The maximum Gasteiger partial charge on any atom is 0.119 e. The Balaban J connectivity index is 1.40.